The van der Waals surface area contributed by atoms with E-state index in [2.05, 4.69) is 5.10 Å². The average Bonchev–Trinajstić information content (AvgIpc) is 3.00. The average molecular weight is 331 g/mol. The maximum Gasteiger partial charge on any atom is 0.273 e. The van der Waals surface area contributed by atoms with Crippen molar-refractivity contribution in [1.29, 1.82) is 0 Å². The van der Waals surface area contributed by atoms with Crippen molar-refractivity contribution in [2.24, 2.45) is 0 Å². The van der Waals surface area contributed by atoms with Crippen LogP contribution >= 0.6 is 0 Å². The summed E-state index contributed by atoms with van der Waals surface area (Å²) in [6.45, 7) is 1.97. The summed E-state index contributed by atoms with van der Waals surface area (Å²) >= 11 is 0. The molecule has 124 valence electrons. The summed E-state index contributed by atoms with van der Waals surface area (Å²) in [5, 5.41) is 3.17. The van der Waals surface area contributed by atoms with Gasteiger partial charge in [0.1, 0.15) is 5.75 Å². The highest BCUT2D eigenvalue weighted by molar-refractivity contribution is 5.72. The lowest BCUT2D eigenvalue weighted by atomic mass is 10.1. The first kappa shape index (κ1) is 15.2. The Balaban J connectivity index is 1.89. The second kappa shape index (κ2) is 5.94. The minimum absolute atomic E-state index is 0.138. The predicted octanol–water partition coefficient (Wildman–Crippen LogP) is 3.67. The van der Waals surface area contributed by atoms with Crippen molar-refractivity contribution in [2.45, 2.75) is 6.92 Å². The number of rotatable bonds is 3. The third-order valence-electron chi connectivity index (χ3n) is 4.30. The fourth-order valence-corrected chi connectivity index (χ4v) is 2.94. The van der Waals surface area contributed by atoms with E-state index < -0.39 is 0 Å². The molecule has 4 aromatic rings. The lowest BCUT2D eigenvalue weighted by Gasteiger charge is -2.03. The van der Waals surface area contributed by atoms with Crippen molar-refractivity contribution in [3.63, 3.8) is 0 Å². The molecule has 0 aliphatic rings. The van der Waals surface area contributed by atoms with Gasteiger partial charge in [-0.15, -0.1) is 0 Å². The summed E-state index contributed by atoms with van der Waals surface area (Å²) in [5.74, 6) is 0.769. The highest BCUT2D eigenvalue weighted by atomic mass is 16.5. The summed E-state index contributed by atoms with van der Waals surface area (Å²) in [6, 6.07) is 19.0. The van der Waals surface area contributed by atoms with Crippen molar-refractivity contribution in [2.75, 3.05) is 7.11 Å². The minimum atomic E-state index is -0.138. The molecule has 0 fully saturated rings. The Morgan fingerprint density at radius 1 is 1.00 bits per heavy atom. The number of aromatic nitrogens is 3. The van der Waals surface area contributed by atoms with Crippen LogP contribution in [0.5, 0.6) is 5.75 Å². The maximum atomic E-state index is 12.6. The Kier molecular flexibility index (Phi) is 3.61. The normalized spacial score (nSPS) is 11.0. The summed E-state index contributed by atoms with van der Waals surface area (Å²) in [6.07, 6.45) is 0. The van der Waals surface area contributed by atoms with Gasteiger partial charge in [0, 0.05) is 17.2 Å². The van der Waals surface area contributed by atoms with Gasteiger partial charge in [0.2, 0.25) is 0 Å². The highest BCUT2D eigenvalue weighted by Gasteiger charge is 2.14. The first-order chi connectivity index (χ1) is 12.2. The third-order valence-corrected chi connectivity index (χ3v) is 4.30. The molecule has 5 heteroatoms. The number of aryl methyl sites for hydroxylation is 1. The van der Waals surface area contributed by atoms with Gasteiger partial charge < -0.3 is 4.74 Å². The Hall–Kier alpha value is -3.34. The summed E-state index contributed by atoms with van der Waals surface area (Å²) in [5.41, 5.74) is 4.89. The van der Waals surface area contributed by atoms with E-state index in [9.17, 15) is 4.79 Å². The smallest absolute Gasteiger partial charge is 0.273 e. The van der Waals surface area contributed by atoms with E-state index >= 15 is 0 Å². The van der Waals surface area contributed by atoms with Crippen LogP contribution in [0.2, 0.25) is 0 Å². The molecule has 0 saturated heterocycles. The van der Waals surface area contributed by atoms with Crippen molar-refractivity contribution in [3.8, 4) is 28.3 Å². The van der Waals surface area contributed by atoms with Crippen LogP contribution in [0.15, 0.2) is 65.5 Å². The van der Waals surface area contributed by atoms with Crippen LogP contribution in [-0.2, 0) is 0 Å². The maximum absolute atomic E-state index is 12.6. The van der Waals surface area contributed by atoms with Gasteiger partial charge in [0.25, 0.3) is 5.56 Å². The molecule has 2 aromatic carbocycles. The number of nitrogens with zero attached hydrogens (tertiary/aromatic N) is 2. The van der Waals surface area contributed by atoms with Crippen molar-refractivity contribution in [1.82, 2.24) is 14.6 Å². The van der Waals surface area contributed by atoms with Crippen LogP contribution in [-0.4, -0.2) is 21.7 Å². The molecule has 0 aliphatic carbocycles. The molecule has 0 atom stereocenters. The van der Waals surface area contributed by atoms with E-state index in [1.165, 1.54) is 4.52 Å². The number of nitrogens with one attached hydrogen (secondary N) is 1. The van der Waals surface area contributed by atoms with Crippen LogP contribution in [0.3, 0.4) is 0 Å². The first-order valence-corrected chi connectivity index (χ1v) is 7.99. The fourth-order valence-electron chi connectivity index (χ4n) is 2.94. The molecule has 0 spiro atoms. The second-order valence-corrected chi connectivity index (χ2v) is 5.84. The van der Waals surface area contributed by atoms with Gasteiger partial charge >= 0.3 is 0 Å². The molecule has 0 unspecified atom stereocenters. The lowest BCUT2D eigenvalue weighted by Crippen LogP contribution is -2.14. The van der Waals surface area contributed by atoms with Crippen LogP contribution in [0.1, 0.15) is 5.56 Å². The number of H-pyrrole nitrogens is 1. The molecule has 0 radical (unpaired) electrons. The second-order valence-electron chi connectivity index (χ2n) is 5.84. The molecule has 2 aromatic heterocycles. The van der Waals surface area contributed by atoms with Crippen LogP contribution in [0.25, 0.3) is 28.2 Å². The molecule has 0 amide bonds. The van der Waals surface area contributed by atoms with Gasteiger partial charge in [-0.2, -0.15) is 0 Å². The SMILES string of the molecule is COc1ccc(-c2cc(=O)n3[nH]c(-c4ccccc4)c(C)c3n2)cc1. The number of ether oxygens (including phenoxy) is 1. The summed E-state index contributed by atoms with van der Waals surface area (Å²) in [7, 11) is 1.62. The van der Waals surface area contributed by atoms with Crippen LogP contribution < -0.4 is 10.3 Å². The van der Waals surface area contributed by atoms with Crippen LogP contribution in [0, 0.1) is 6.92 Å². The van der Waals surface area contributed by atoms with Gasteiger partial charge in [0.05, 0.1) is 18.5 Å². The Morgan fingerprint density at radius 2 is 1.72 bits per heavy atom. The van der Waals surface area contributed by atoms with Gasteiger partial charge in [-0.05, 0) is 36.8 Å². The number of methoxy groups -OCH3 is 1. The van der Waals surface area contributed by atoms with Crippen LogP contribution in [0.4, 0.5) is 0 Å². The minimum Gasteiger partial charge on any atom is -0.497 e. The molecule has 2 heterocycles. The Morgan fingerprint density at radius 3 is 2.40 bits per heavy atom. The Labute approximate surface area is 144 Å². The van der Waals surface area contributed by atoms with E-state index in [4.69, 9.17) is 9.72 Å². The highest BCUT2D eigenvalue weighted by Crippen LogP contribution is 2.25. The predicted molar refractivity (Wildman–Crippen MR) is 98.0 cm³/mol. The third kappa shape index (κ3) is 2.59. The number of aromatic amines is 1. The lowest BCUT2D eigenvalue weighted by molar-refractivity contribution is 0.415. The van der Waals surface area contributed by atoms with Gasteiger partial charge in [0.15, 0.2) is 5.65 Å². The van der Waals surface area contributed by atoms with E-state index in [0.717, 1.165) is 28.1 Å². The number of hydrogen-bond acceptors (Lipinski definition) is 3. The summed E-state index contributed by atoms with van der Waals surface area (Å²) in [4.78, 5) is 17.3. The molecule has 0 aliphatic heterocycles. The zero-order valence-corrected chi connectivity index (χ0v) is 14.0. The van der Waals surface area contributed by atoms with E-state index in [1.54, 1.807) is 13.2 Å². The largest absolute Gasteiger partial charge is 0.497 e. The van der Waals surface area contributed by atoms with Gasteiger partial charge in [-0.1, -0.05) is 30.3 Å². The van der Waals surface area contributed by atoms with E-state index in [0.29, 0.717) is 11.3 Å². The zero-order valence-electron chi connectivity index (χ0n) is 14.0. The van der Waals surface area contributed by atoms with Crippen molar-refractivity contribution in [3.05, 3.63) is 76.6 Å². The number of hydrogen-bond donors (Lipinski definition) is 1. The molecule has 25 heavy (non-hydrogen) atoms. The molecule has 0 saturated carbocycles. The number of benzene rings is 2. The quantitative estimate of drug-likeness (QED) is 0.623. The molecule has 5 nitrogen and oxygen atoms in total. The summed E-state index contributed by atoms with van der Waals surface area (Å²) < 4.78 is 6.67. The monoisotopic (exact) mass is 331 g/mol. The standard InChI is InChI=1S/C20H17N3O2/c1-13-19(15-6-4-3-5-7-15)22-23-18(24)12-17(21-20(13)23)14-8-10-16(25-2)11-9-14/h3-12,22H,1-2H3. The Bertz CT molecular complexity index is 1090. The zero-order chi connectivity index (χ0) is 17.4. The molecule has 0 bridgehead atoms. The van der Waals surface area contributed by atoms with E-state index in [-0.39, 0.29) is 5.56 Å². The first-order valence-electron chi connectivity index (χ1n) is 7.99. The van der Waals surface area contributed by atoms with Gasteiger partial charge in [-0.3, -0.25) is 9.89 Å². The fraction of sp³-hybridized carbons (Fsp3) is 0.100. The molecule has 1 N–H and O–H groups in total. The van der Waals surface area contributed by atoms with E-state index in [1.807, 2.05) is 61.5 Å². The van der Waals surface area contributed by atoms with Crippen molar-refractivity contribution >= 4 is 5.65 Å². The van der Waals surface area contributed by atoms with Gasteiger partial charge in [-0.25, -0.2) is 9.50 Å². The number of fused-ring (bicyclic) bond motifs is 1. The van der Waals surface area contributed by atoms with Crippen molar-refractivity contribution < 1.29 is 4.74 Å². The molecular formula is C20H17N3O2. The topological polar surface area (TPSA) is 59.4 Å². The molecule has 4 rings (SSSR count). The molecular weight excluding hydrogens is 314 g/mol.